The summed E-state index contributed by atoms with van der Waals surface area (Å²) in [4.78, 5) is 7.01. The fourth-order valence-electron chi connectivity index (χ4n) is 2.70. The van der Waals surface area contributed by atoms with E-state index in [1.165, 1.54) is 23.5 Å². The zero-order valence-electron chi connectivity index (χ0n) is 11.9. The van der Waals surface area contributed by atoms with E-state index in [2.05, 4.69) is 39.4 Å². The minimum absolute atomic E-state index is 0.391. The van der Waals surface area contributed by atoms with Crippen molar-refractivity contribution in [3.63, 3.8) is 0 Å². The van der Waals surface area contributed by atoms with Gasteiger partial charge in [-0.1, -0.05) is 19.1 Å². The summed E-state index contributed by atoms with van der Waals surface area (Å²) in [6.07, 6.45) is 3.26. The van der Waals surface area contributed by atoms with Crippen LogP contribution in [-0.2, 0) is 6.42 Å². The van der Waals surface area contributed by atoms with Gasteiger partial charge in [-0.15, -0.1) is 0 Å². The molecule has 3 rings (SSSR count). The average Bonchev–Trinajstić information content (AvgIpc) is 3.15. The smallest absolute Gasteiger partial charge is 0.205 e. The fraction of sp³-hybridized carbons (Fsp3) is 0.467. The van der Waals surface area contributed by atoms with Gasteiger partial charge in [0.1, 0.15) is 11.6 Å². The van der Waals surface area contributed by atoms with E-state index in [0.717, 1.165) is 36.1 Å². The van der Waals surface area contributed by atoms with Gasteiger partial charge in [0.25, 0.3) is 0 Å². The number of ether oxygens (including phenoxy) is 1. The summed E-state index contributed by atoms with van der Waals surface area (Å²) in [6.45, 7) is 3.15. The number of hydrogen-bond acceptors (Lipinski definition) is 5. The standard InChI is InChI=1S/C15H19N3OS/c1-3-14-16-15(20-17-14)18-9-5-8-13(18)11-6-4-7-12(10-11)19-2/h4,6-7,10,13H,3,5,8-9H2,1-2H3. The molecule has 20 heavy (non-hydrogen) atoms. The van der Waals surface area contributed by atoms with E-state index in [0.29, 0.717) is 6.04 Å². The lowest BCUT2D eigenvalue weighted by Gasteiger charge is -2.24. The monoisotopic (exact) mass is 289 g/mol. The molecule has 4 nitrogen and oxygen atoms in total. The van der Waals surface area contributed by atoms with Crippen LogP contribution >= 0.6 is 11.5 Å². The van der Waals surface area contributed by atoms with Crippen LogP contribution in [0.15, 0.2) is 24.3 Å². The average molecular weight is 289 g/mol. The van der Waals surface area contributed by atoms with Crippen molar-refractivity contribution in [3.8, 4) is 5.75 Å². The van der Waals surface area contributed by atoms with Crippen LogP contribution in [0.25, 0.3) is 0 Å². The second-order valence-corrected chi connectivity index (χ2v) is 5.71. The van der Waals surface area contributed by atoms with E-state index in [1.54, 1.807) is 7.11 Å². The second-order valence-electron chi connectivity index (χ2n) is 4.97. The Labute approximate surface area is 123 Å². The van der Waals surface area contributed by atoms with Gasteiger partial charge in [-0.3, -0.25) is 0 Å². The van der Waals surface area contributed by atoms with Crippen LogP contribution in [0, 0.1) is 0 Å². The number of methoxy groups -OCH3 is 1. The van der Waals surface area contributed by atoms with Gasteiger partial charge in [-0.2, -0.15) is 4.37 Å². The molecule has 5 heteroatoms. The van der Waals surface area contributed by atoms with Crippen molar-refractivity contribution in [2.75, 3.05) is 18.6 Å². The summed E-state index contributed by atoms with van der Waals surface area (Å²) in [5.74, 6) is 1.86. The lowest BCUT2D eigenvalue weighted by atomic mass is 10.0. The molecule has 1 atom stereocenters. The lowest BCUT2D eigenvalue weighted by Crippen LogP contribution is -2.22. The highest BCUT2D eigenvalue weighted by atomic mass is 32.1. The van der Waals surface area contributed by atoms with E-state index >= 15 is 0 Å². The molecule has 1 fully saturated rings. The summed E-state index contributed by atoms with van der Waals surface area (Å²) < 4.78 is 9.74. The molecule has 1 aliphatic rings. The highest BCUT2D eigenvalue weighted by Crippen LogP contribution is 2.37. The molecule has 1 aliphatic heterocycles. The zero-order valence-corrected chi connectivity index (χ0v) is 12.7. The van der Waals surface area contributed by atoms with Crippen molar-refractivity contribution in [1.82, 2.24) is 9.36 Å². The van der Waals surface area contributed by atoms with Gasteiger partial charge < -0.3 is 9.64 Å². The third-order valence-electron chi connectivity index (χ3n) is 3.75. The second kappa shape index (κ2) is 5.79. The van der Waals surface area contributed by atoms with Gasteiger partial charge >= 0.3 is 0 Å². The molecular weight excluding hydrogens is 270 g/mol. The Morgan fingerprint density at radius 3 is 3.10 bits per heavy atom. The third kappa shape index (κ3) is 2.50. The van der Waals surface area contributed by atoms with Gasteiger partial charge in [0.2, 0.25) is 5.13 Å². The normalized spacial score (nSPS) is 18.5. The van der Waals surface area contributed by atoms with Crippen molar-refractivity contribution >= 4 is 16.7 Å². The lowest BCUT2D eigenvalue weighted by molar-refractivity contribution is 0.414. The van der Waals surface area contributed by atoms with Crippen molar-refractivity contribution in [1.29, 1.82) is 0 Å². The number of nitrogens with zero attached hydrogens (tertiary/aromatic N) is 3. The van der Waals surface area contributed by atoms with Crippen LogP contribution < -0.4 is 9.64 Å². The van der Waals surface area contributed by atoms with E-state index in [-0.39, 0.29) is 0 Å². The van der Waals surface area contributed by atoms with Crippen molar-refractivity contribution in [3.05, 3.63) is 35.7 Å². The Morgan fingerprint density at radius 2 is 2.35 bits per heavy atom. The third-order valence-corrected chi connectivity index (χ3v) is 4.54. The molecule has 106 valence electrons. The van der Waals surface area contributed by atoms with Crippen molar-refractivity contribution in [2.24, 2.45) is 0 Å². The molecule has 0 N–H and O–H groups in total. The SMILES string of the molecule is CCc1nsc(N2CCCC2c2cccc(OC)c2)n1. The number of anilines is 1. The first-order valence-corrected chi connectivity index (χ1v) is 7.82. The van der Waals surface area contributed by atoms with E-state index < -0.39 is 0 Å². The summed E-state index contributed by atoms with van der Waals surface area (Å²) in [7, 11) is 1.71. The minimum atomic E-state index is 0.391. The first-order chi connectivity index (χ1) is 9.81. The van der Waals surface area contributed by atoms with Gasteiger partial charge in [-0.05, 0) is 30.5 Å². The van der Waals surface area contributed by atoms with E-state index in [1.807, 2.05) is 6.07 Å². The van der Waals surface area contributed by atoms with Crippen LogP contribution in [-0.4, -0.2) is 23.0 Å². The predicted octanol–water partition coefficient (Wildman–Crippen LogP) is 3.45. The topological polar surface area (TPSA) is 38.2 Å². The molecule has 0 bridgehead atoms. The Balaban J connectivity index is 1.87. The summed E-state index contributed by atoms with van der Waals surface area (Å²) in [6, 6.07) is 8.74. The van der Waals surface area contributed by atoms with Gasteiger partial charge in [0.15, 0.2) is 0 Å². The zero-order chi connectivity index (χ0) is 13.9. The summed E-state index contributed by atoms with van der Waals surface area (Å²) in [5, 5.41) is 1.05. The molecule has 0 spiro atoms. The highest BCUT2D eigenvalue weighted by molar-refractivity contribution is 7.09. The molecule has 0 amide bonds. The van der Waals surface area contributed by atoms with Crippen LogP contribution in [0.1, 0.15) is 37.2 Å². The highest BCUT2D eigenvalue weighted by Gasteiger charge is 2.28. The molecule has 2 heterocycles. The molecule has 0 radical (unpaired) electrons. The number of hydrogen-bond donors (Lipinski definition) is 0. The first kappa shape index (κ1) is 13.4. The molecule has 1 aromatic heterocycles. The van der Waals surface area contributed by atoms with E-state index in [4.69, 9.17) is 4.74 Å². The Kier molecular flexibility index (Phi) is 3.87. The number of aromatic nitrogens is 2. The first-order valence-electron chi connectivity index (χ1n) is 7.05. The number of aryl methyl sites for hydroxylation is 1. The summed E-state index contributed by atoms with van der Waals surface area (Å²) in [5.41, 5.74) is 1.30. The predicted molar refractivity (Wildman–Crippen MR) is 81.6 cm³/mol. The molecule has 1 saturated heterocycles. The number of rotatable bonds is 4. The van der Waals surface area contributed by atoms with E-state index in [9.17, 15) is 0 Å². The maximum Gasteiger partial charge on any atom is 0.205 e. The fourth-order valence-corrected chi connectivity index (χ4v) is 3.52. The quantitative estimate of drug-likeness (QED) is 0.864. The molecule has 1 unspecified atom stereocenters. The maximum absolute atomic E-state index is 5.33. The molecule has 2 aromatic rings. The van der Waals surface area contributed by atoms with Crippen LogP contribution in [0.3, 0.4) is 0 Å². The number of benzene rings is 1. The van der Waals surface area contributed by atoms with Crippen LogP contribution in [0.2, 0.25) is 0 Å². The molecule has 0 aliphatic carbocycles. The minimum Gasteiger partial charge on any atom is -0.497 e. The van der Waals surface area contributed by atoms with Crippen molar-refractivity contribution < 1.29 is 4.74 Å². The summed E-state index contributed by atoms with van der Waals surface area (Å²) >= 11 is 1.51. The maximum atomic E-state index is 5.33. The largest absolute Gasteiger partial charge is 0.497 e. The Morgan fingerprint density at radius 1 is 1.45 bits per heavy atom. The van der Waals surface area contributed by atoms with Crippen molar-refractivity contribution in [2.45, 2.75) is 32.2 Å². The Bertz CT molecular complexity index is 584. The molecule has 1 aromatic carbocycles. The molecular formula is C15H19N3OS. The van der Waals surface area contributed by atoms with Crippen LogP contribution in [0.5, 0.6) is 5.75 Å². The Hall–Kier alpha value is -1.62. The van der Waals surface area contributed by atoms with Gasteiger partial charge in [0.05, 0.1) is 13.2 Å². The van der Waals surface area contributed by atoms with Gasteiger partial charge in [0, 0.05) is 24.5 Å². The van der Waals surface area contributed by atoms with Gasteiger partial charge in [-0.25, -0.2) is 4.98 Å². The molecule has 0 saturated carbocycles. The van der Waals surface area contributed by atoms with Crippen LogP contribution in [0.4, 0.5) is 5.13 Å².